The van der Waals surface area contributed by atoms with Crippen LogP contribution in [0.2, 0.25) is 5.02 Å². The van der Waals surface area contributed by atoms with Crippen molar-refractivity contribution in [1.29, 1.82) is 0 Å². The average Bonchev–Trinajstić information content (AvgIpc) is 3.03. The first-order valence-electron chi connectivity index (χ1n) is 9.96. The molecule has 1 N–H and O–H groups in total. The molecule has 0 aliphatic heterocycles. The number of nitrogens with zero attached hydrogens (tertiary/aromatic N) is 3. The van der Waals surface area contributed by atoms with E-state index in [4.69, 9.17) is 11.6 Å². The van der Waals surface area contributed by atoms with Gasteiger partial charge in [-0.3, -0.25) is 9.59 Å². The highest BCUT2D eigenvalue weighted by atomic mass is 35.5. The molecule has 0 saturated heterocycles. The Kier molecular flexibility index (Phi) is 7.47. The lowest BCUT2D eigenvalue weighted by Crippen LogP contribution is -2.38. The average molecular weight is 419 g/mol. The number of halogens is 1. The SMILES string of the molecule is CCN(CC(=O)Nc1cc(C(C)(C)C)nn1-c1ccccc1Cl)C(=O)CC(C)C. The third kappa shape index (κ3) is 6.07. The third-order valence-corrected chi connectivity index (χ3v) is 4.80. The fourth-order valence-electron chi connectivity index (χ4n) is 2.85. The number of carbonyl (C=O) groups excluding carboxylic acids is 2. The van der Waals surface area contributed by atoms with Crippen LogP contribution >= 0.6 is 11.6 Å². The quantitative estimate of drug-likeness (QED) is 0.711. The van der Waals surface area contributed by atoms with Gasteiger partial charge in [-0.15, -0.1) is 0 Å². The standard InChI is InChI=1S/C22H31ClN4O2/c1-7-26(21(29)12-15(2)3)14-20(28)24-19-13-18(22(4,5)6)25-27(19)17-11-9-8-10-16(17)23/h8-11,13,15H,7,12,14H2,1-6H3,(H,24,28). The lowest BCUT2D eigenvalue weighted by atomic mass is 9.92. The van der Waals surface area contributed by atoms with Crippen LogP contribution in [0.5, 0.6) is 0 Å². The van der Waals surface area contributed by atoms with Gasteiger partial charge in [0.1, 0.15) is 5.82 Å². The minimum absolute atomic E-state index is 0.000602. The molecule has 0 aliphatic carbocycles. The zero-order valence-electron chi connectivity index (χ0n) is 18.1. The predicted octanol–water partition coefficient (Wildman–Crippen LogP) is 4.66. The van der Waals surface area contributed by atoms with Crippen molar-refractivity contribution in [3.8, 4) is 5.69 Å². The maximum Gasteiger partial charge on any atom is 0.245 e. The Bertz CT molecular complexity index is 868. The van der Waals surface area contributed by atoms with Crippen molar-refractivity contribution < 1.29 is 9.59 Å². The van der Waals surface area contributed by atoms with Gasteiger partial charge in [0.25, 0.3) is 0 Å². The highest BCUT2D eigenvalue weighted by Crippen LogP contribution is 2.29. The Hall–Kier alpha value is -2.34. The lowest BCUT2D eigenvalue weighted by Gasteiger charge is -2.21. The molecule has 7 heteroatoms. The number of likely N-dealkylation sites (N-methyl/N-ethyl adjacent to an activating group) is 1. The molecule has 2 rings (SSSR count). The number of hydrogen-bond donors (Lipinski definition) is 1. The molecule has 2 aromatic rings. The Morgan fingerprint density at radius 1 is 1.24 bits per heavy atom. The van der Waals surface area contributed by atoms with Crippen LogP contribution in [0.1, 0.15) is 53.7 Å². The molecule has 0 bridgehead atoms. The lowest BCUT2D eigenvalue weighted by molar-refractivity contribution is -0.135. The topological polar surface area (TPSA) is 67.2 Å². The number of para-hydroxylation sites is 1. The number of hydrogen-bond acceptors (Lipinski definition) is 3. The molecule has 0 spiro atoms. The van der Waals surface area contributed by atoms with Crippen LogP contribution in [-0.4, -0.2) is 39.6 Å². The summed E-state index contributed by atoms with van der Waals surface area (Å²) in [5.74, 6) is 0.487. The molecule has 1 heterocycles. The molecular weight excluding hydrogens is 388 g/mol. The van der Waals surface area contributed by atoms with E-state index >= 15 is 0 Å². The number of amides is 2. The minimum Gasteiger partial charge on any atom is -0.334 e. The van der Waals surface area contributed by atoms with E-state index in [0.717, 1.165) is 5.69 Å². The minimum atomic E-state index is -0.266. The molecular formula is C22H31ClN4O2. The largest absolute Gasteiger partial charge is 0.334 e. The van der Waals surface area contributed by atoms with Crippen LogP contribution in [0.25, 0.3) is 5.69 Å². The van der Waals surface area contributed by atoms with Crippen LogP contribution in [0, 0.1) is 5.92 Å². The van der Waals surface area contributed by atoms with Crippen LogP contribution in [0.15, 0.2) is 30.3 Å². The molecule has 0 radical (unpaired) electrons. The number of rotatable bonds is 7. The first-order chi connectivity index (χ1) is 13.5. The molecule has 0 aliphatic rings. The maximum atomic E-state index is 12.7. The highest BCUT2D eigenvalue weighted by molar-refractivity contribution is 6.32. The molecule has 1 aromatic carbocycles. The summed E-state index contributed by atoms with van der Waals surface area (Å²) < 4.78 is 1.65. The predicted molar refractivity (Wildman–Crippen MR) is 118 cm³/mol. The second-order valence-corrected chi connectivity index (χ2v) is 8.99. The Balaban J connectivity index is 2.29. The first kappa shape index (κ1) is 22.9. The highest BCUT2D eigenvalue weighted by Gasteiger charge is 2.23. The Labute approximate surface area is 178 Å². The monoisotopic (exact) mass is 418 g/mol. The van der Waals surface area contributed by atoms with Gasteiger partial charge in [-0.1, -0.05) is 58.4 Å². The number of benzene rings is 1. The maximum absolute atomic E-state index is 12.7. The molecule has 158 valence electrons. The van der Waals surface area contributed by atoms with Crippen molar-refractivity contribution in [1.82, 2.24) is 14.7 Å². The van der Waals surface area contributed by atoms with Gasteiger partial charge in [-0.2, -0.15) is 5.10 Å². The van der Waals surface area contributed by atoms with Crippen LogP contribution in [0.4, 0.5) is 5.82 Å². The van der Waals surface area contributed by atoms with E-state index in [0.29, 0.717) is 29.5 Å². The van der Waals surface area contributed by atoms with E-state index in [1.165, 1.54) is 0 Å². The second kappa shape index (κ2) is 9.44. The van der Waals surface area contributed by atoms with E-state index in [1.54, 1.807) is 15.6 Å². The molecule has 0 atom stereocenters. The first-order valence-corrected chi connectivity index (χ1v) is 10.3. The number of nitrogens with one attached hydrogen (secondary N) is 1. The van der Waals surface area contributed by atoms with E-state index in [1.807, 2.05) is 45.0 Å². The van der Waals surface area contributed by atoms with Crippen molar-refractivity contribution >= 4 is 29.2 Å². The fraction of sp³-hybridized carbons (Fsp3) is 0.500. The summed E-state index contributed by atoms with van der Waals surface area (Å²) in [6.45, 7) is 12.5. The Morgan fingerprint density at radius 2 is 1.90 bits per heavy atom. The van der Waals surface area contributed by atoms with Gasteiger partial charge >= 0.3 is 0 Å². The third-order valence-electron chi connectivity index (χ3n) is 4.48. The van der Waals surface area contributed by atoms with Gasteiger partial charge in [0.05, 0.1) is 22.9 Å². The summed E-state index contributed by atoms with van der Waals surface area (Å²) >= 11 is 6.36. The molecule has 0 unspecified atom stereocenters. The fourth-order valence-corrected chi connectivity index (χ4v) is 3.07. The van der Waals surface area contributed by atoms with Gasteiger partial charge in [0.2, 0.25) is 11.8 Å². The zero-order valence-corrected chi connectivity index (χ0v) is 18.9. The number of aromatic nitrogens is 2. The summed E-state index contributed by atoms with van der Waals surface area (Å²) in [6, 6.07) is 9.20. The number of carbonyl (C=O) groups is 2. The van der Waals surface area contributed by atoms with E-state index in [9.17, 15) is 9.59 Å². The molecule has 2 amide bonds. The van der Waals surface area contributed by atoms with Gasteiger partial charge in [-0.05, 0) is 25.0 Å². The van der Waals surface area contributed by atoms with Crippen LogP contribution < -0.4 is 5.32 Å². The van der Waals surface area contributed by atoms with Crippen LogP contribution in [0.3, 0.4) is 0 Å². The summed E-state index contributed by atoms with van der Waals surface area (Å²) in [6.07, 6.45) is 0.423. The molecule has 1 aromatic heterocycles. The summed E-state index contributed by atoms with van der Waals surface area (Å²) in [4.78, 5) is 26.6. The van der Waals surface area contributed by atoms with Gasteiger partial charge in [0, 0.05) is 24.4 Å². The molecule has 0 fully saturated rings. The van der Waals surface area contributed by atoms with Crippen molar-refractivity contribution in [3.63, 3.8) is 0 Å². The summed E-state index contributed by atoms with van der Waals surface area (Å²) in [5.41, 5.74) is 1.31. The molecule has 29 heavy (non-hydrogen) atoms. The Morgan fingerprint density at radius 3 is 2.45 bits per heavy atom. The molecule has 6 nitrogen and oxygen atoms in total. The smallest absolute Gasteiger partial charge is 0.245 e. The summed E-state index contributed by atoms with van der Waals surface area (Å²) in [5, 5.41) is 8.12. The van der Waals surface area contributed by atoms with Crippen molar-refractivity contribution in [2.45, 2.75) is 53.4 Å². The second-order valence-electron chi connectivity index (χ2n) is 8.58. The van der Waals surface area contributed by atoms with Gasteiger partial charge in [-0.25, -0.2) is 4.68 Å². The summed E-state index contributed by atoms with van der Waals surface area (Å²) in [7, 11) is 0. The van der Waals surface area contributed by atoms with Crippen molar-refractivity contribution in [3.05, 3.63) is 41.0 Å². The van der Waals surface area contributed by atoms with Crippen LogP contribution in [-0.2, 0) is 15.0 Å². The van der Waals surface area contributed by atoms with Gasteiger partial charge in [0.15, 0.2) is 0 Å². The van der Waals surface area contributed by atoms with Crippen molar-refractivity contribution in [2.24, 2.45) is 5.92 Å². The van der Waals surface area contributed by atoms with E-state index < -0.39 is 0 Å². The van der Waals surface area contributed by atoms with E-state index in [2.05, 4.69) is 31.2 Å². The van der Waals surface area contributed by atoms with Gasteiger partial charge < -0.3 is 10.2 Å². The number of anilines is 1. The normalized spacial score (nSPS) is 11.6. The zero-order chi connectivity index (χ0) is 21.8. The van der Waals surface area contributed by atoms with Crippen molar-refractivity contribution in [2.75, 3.05) is 18.4 Å². The molecule has 0 saturated carbocycles. The van der Waals surface area contributed by atoms with E-state index in [-0.39, 0.29) is 29.7 Å².